The molecule has 0 N–H and O–H groups in total. The summed E-state index contributed by atoms with van der Waals surface area (Å²) < 4.78 is 16.9. The average Bonchev–Trinajstić information content (AvgIpc) is 3.23. The Morgan fingerprint density at radius 3 is 2.78 bits per heavy atom. The molecule has 1 aromatic heterocycles. The lowest BCUT2D eigenvalue weighted by molar-refractivity contribution is 0.101. The van der Waals surface area contributed by atoms with Crippen LogP contribution in [-0.4, -0.2) is 12.9 Å². The maximum Gasteiger partial charge on any atom is 0.232 e. The third-order valence-corrected chi connectivity index (χ3v) is 5.31. The Morgan fingerprint density at radius 2 is 2.00 bits per heavy atom. The maximum atomic E-state index is 12.6. The van der Waals surface area contributed by atoms with E-state index < -0.39 is 0 Å². The minimum atomic E-state index is -0.0999. The van der Waals surface area contributed by atoms with Gasteiger partial charge in [-0.15, -0.1) is 11.3 Å². The Labute approximate surface area is 161 Å². The highest BCUT2D eigenvalue weighted by atomic mass is 32.1. The van der Waals surface area contributed by atoms with E-state index in [2.05, 4.69) is 0 Å². The molecule has 0 atom stereocenters. The van der Waals surface area contributed by atoms with Crippen molar-refractivity contribution >= 4 is 23.2 Å². The molecule has 1 aliphatic heterocycles. The fourth-order valence-corrected chi connectivity index (χ4v) is 3.69. The summed E-state index contributed by atoms with van der Waals surface area (Å²) in [4.78, 5) is 13.6. The molecule has 27 heavy (non-hydrogen) atoms. The molecular formula is C22H18O4S. The number of benzene rings is 2. The van der Waals surface area contributed by atoms with Crippen LogP contribution >= 0.6 is 11.3 Å². The normalized spacial score (nSPS) is 14.1. The SMILES string of the molecule is COc1cccc(COc2ccc3c(c2)O/C(=C\c2sccc2C)C3=O)c1. The topological polar surface area (TPSA) is 44.8 Å². The summed E-state index contributed by atoms with van der Waals surface area (Å²) in [6.07, 6.45) is 1.80. The number of fused-ring (bicyclic) bond motifs is 1. The number of methoxy groups -OCH3 is 1. The minimum Gasteiger partial charge on any atom is -0.497 e. The second kappa shape index (κ2) is 7.29. The molecule has 0 saturated carbocycles. The molecule has 0 unspecified atom stereocenters. The number of ether oxygens (including phenoxy) is 3. The second-order valence-electron chi connectivity index (χ2n) is 6.21. The van der Waals surface area contributed by atoms with Crippen LogP contribution in [0.25, 0.3) is 6.08 Å². The summed E-state index contributed by atoms with van der Waals surface area (Å²) in [6, 6.07) is 15.0. The van der Waals surface area contributed by atoms with Crippen molar-refractivity contribution in [2.45, 2.75) is 13.5 Å². The van der Waals surface area contributed by atoms with Gasteiger partial charge in [-0.05, 0) is 53.8 Å². The Kier molecular flexibility index (Phi) is 4.69. The fourth-order valence-electron chi connectivity index (χ4n) is 2.84. The monoisotopic (exact) mass is 378 g/mol. The summed E-state index contributed by atoms with van der Waals surface area (Å²) >= 11 is 1.59. The molecular weight excluding hydrogens is 360 g/mol. The molecule has 4 rings (SSSR count). The number of thiophene rings is 1. The highest BCUT2D eigenvalue weighted by Crippen LogP contribution is 2.35. The zero-order valence-corrected chi connectivity index (χ0v) is 15.8. The van der Waals surface area contributed by atoms with E-state index in [-0.39, 0.29) is 5.78 Å². The first kappa shape index (κ1) is 17.4. The van der Waals surface area contributed by atoms with Crippen LogP contribution in [0.3, 0.4) is 0 Å². The van der Waals surface area contributed by atoms with E-state index in [9.17, 15) is 4.79 Å². The number of carbonyl (C=O) groups is 1. The highest BCUT2D eigenvalue weighted by Gasteiger charge is 2.28. The van der Waals surface area contributed by atoms with Crippen LogP contribution in [0.2, 0.25) is 0 Å². The van der Waals surface area contributed by atoms with Crippen molar-refractivity contribution < 1.29 is 19.0 Å². The van der Waals surface area contributed by atoms with E-state index in [4.69, 9.17) is 14.2 Å². The van der Waals surface area contributed by atoms with Gasteiger partial charge in [0, 0.05) is 17.0 Å². The van der Waals surface area contributed by atoms with E-state index in [0.29, 0.717) is 29.4 Å². The zero-order valence-electron chi connectivity index (χ0n) is 15.0. The molecule has 2 heterocycles. The van der Waals surface area contributed by atoms with E-state index >= 15 is 0 Å². The van der Waals surface area contributed by atoms with E-state index in [1.54, 1.807) is 42.7 Å². The molecule has 2 aromatic carbocycles. The van der Waals surface area contributed by atoms with Gasteiger partial charge in [0.1, 0.15) is 23.9 Å². The van der Waals surface area contributed by atoms with Gasteiger partial charge in [0.2, 0.25) is 5.78 Å². The lowest BCUT2D eigenvalue weighted by Crippen LogP contribution is -1.97. The van der Waals surface area contributed by atoms with Crippen LogP contribution < -0.4 is 14.2 Å². The van der Waals surface area contributed by atoms with Gasteiger partial charge in [0.15, 0.2) is 5.76 Å². The Balaban J connectivity index is 1.50. The van der Waals surface area contributed by atoms with E-state index in [1.165, 1.54) is 0 Å². The number of rotatable bonds is 5. The van der Waals surface area contributed by atoms with Gasteiger partial charge in [-0.2, -0.15) is 0 Å². The van der Waals surface area contributed by atoms with Crippen LogP contribution in [0, 0.1) is 6.92 Å². The standard InChI is InChI=1S/C22H18O4S/c1-14-8-9-27-21(14)12-20-22(23)18-7-6-17(11-19(18)26-20)25-13-15-4-3-5-16(10-15)24-2/h3-12H,13H2,1-2H3/b20-12-. The van der Waals surface area contributed by atoms with Crippen molar-refractivity contribution in [3.8, 4) is 17.2 Å². The summed E-state index contributed by atoms with van der Waals surface area (Å²) in [5.41, 5.74) is 2.69. The number of allylic oxidation sites excluding steroid dienone is 1. The van der Waals surface area contributed by atoms with Gasteiger partial charge >= 0.3 is 0 Å². The molecule has 136 valence electrons. The van der Waals surface area contributed by atoms with Crippen LogP contribution in [0.4, 0.5) is 0 Å². The molecule has 0 fully saturated rings. The van der Waals surface area contributed by atoms with E-state index in [1.807, 2.05) is 42.6 Å². The third-order valence-electron chi connectivity index (χ3n) is 4.34. The minimum absolute atomic E-state index is 0.0999. The smallest absolute Gasteiger partial charge is 0.232 e. The van der Waals surface area contributed by atoms with Crippen molar-refractivity contribution in [1.29, 1.82) is 0 Å². The first-order valence-electron chi connectivity index (χ1n) is 8.52. The van der Waals surface area contributed by atoms with Gasteiger partial charge in [0.25, 0.3) is 0 Å². The number of ketones is 1. The van der Waals surface area contributed by atoms with Crippen molar-refractivity contribution in [2.24, 2.45) is 0 Å². The van der Waals surface area contributed by atoms with Gasteiger partial charge in [-0.25, -0.2) is 0 Å². The summed E-state index contributed by atoms with van der Waals surface area (Å²) in [5, 5.41) is 2.00. The van der Waals surface area contributed by atoms with Crippen LogP contribution in [0.15, 0.2) is 59.7 Å². The molecule has 5 heteroatoms. The average molecular weight is 378 g/mol. The third kappa shape index (κ3) is 3.59. The van der Waals surface area contributed by atoms with Crippen molar-refractivity contribution in [3.63, 3.8) is 0 Å². The molecule has 0 amide bonds. The molecule has 0 saturated heterocycles. The molecule has 4 nitrogen and oxygen atoms in total. The zero-order chi connectivity index (χ0) is 18.8. The van der Waals surface area contributed by atoms with Crippen molar-refractivity contribution in [1.82, 2.24) is 0 Å². The molecule has 0 bridgehead atoms. The Bertz CT molecular complexity index is 1030. The van der Waals surface area contributed by atoms with E-state index in [0.717, 1.165) is 21.8 Å². The Morgan fingerprint density at radius 1 is 1.11 bits per heavy atom. The number of aryl methyl sites for hydroxylation is 1. The fraction of sp³-hybridized carbons (Fsp3) is 0.136. The first-order chi connectivity index (χ1) is 13.1. The predicted molar refractivity (Wildman–Crippen MR) is 106 cm³/mol. The van der Waals surface area contributed by atoms with Crippen molar-refractivity contribution in [3.05, 3.63) is 81.2 Å². The lowest BCUT2D eigenvalue weighted by Gasteiger charge is -2.08. The first-order valence-corrected chi connectivity index (χ1v) is 9.40. The predicted octanol–water partition coefficient (Wildman–Crippen LogP) is 5.26. The molecule has 0 aliphatic carbocycles. The molecule has 0 radical (unpaired) electrons. The van der Waals surface area contributed by atoms with Crippen molar-refractivity contribution in [2.75, 3.05) is 7.11 Å². The number of carbonyl (C=O) groups excluding carboxylic acids is 1. The van der Waals surface area contributed by atoms with Gasteiger partial charge in [-0.3, -0.25) is 4.79 Å². The van der Waals surface area contributed by atoms with Crippen LogP contribution in [0.5, 0.6) is 17.2 Å². The largest absolute Gasteiger partial charge is 0.497 e. The van der Waals surface area contributed by atoms with Gasteiger partial charge in [0.05, 0.1) is 12.7 Å². The maximum absolute atomic E-state index is 12.6. The molecule has 3 aromatic rings. The lowest BCUT2D eigenvalue weighted by atomic mass is 10.1. The number of hydrogen-bond acceptors (Lipinski definition) is 5. The Hall–Kier alpha value is -3.05. The summed E-state index contributed by atoms with van der Waals surface area (Å²) in [7, 11) is 1.64. The summed E-state index contributed by atoms with van der Waals surface area (Å²) in [6.45, 7) is 2.42. The van der Waals surface area contributed by atoms with Gasteiger partial charge < -0.3 is 14.2 Å². The number of Topliss-reactive ketones (excluding diaryl/α,β-unsaturated/α-hetero) is 1. The number of hydrogen-bond donors (Lipinski definition) is 0. The van der Waals surface area contributed by atoms with Gasteiger partial charge in [-0.1, -0.05) is 12.1 Å². The molecule has 0 spiro atoms. The second-order valence-corrected chi connectivity index (χ2v) is 7.15. The van der Waals surface area contributed by atoms with Crippen LogP contribution in [-0.2, 0) is 6.61 Å². The highest BCUT2D eigenvalue weighted by molar-refractivity contribution is 7.11. The quantitative estimate of drug-likeness (QED) is 0.568. The van der Waals surface area contributed by atoms with Crippen LogP contribution in [0.1, 0.15) is 26.4 Å². The summed E-state index contributed by atoms with van der Waals surface area (Å²) in [5.74, 6) is 2.22. The molecule has 1 aliphatic rings.